The van der Waals surface area contributed by atoms with Crippen molar-refractivity contribution in [1.29, 1.82) is 0 Å². The van der Waals surface area contributed by atoms with E-state index in [0.717, 1.165) is 18.5 Å². The zero-order valence-corrected chi connectivity index (χ0v) is 11.9. The molecule has 1 heterocycles. The number of nitrogens with one attached hydrogen (secondary N) is 1. The van der Waals surface area contributed by atoms with Crippen molar-refractivity contribution in [2.45, 2.75) is 33.2 Å². The van der Waals surface area contributed by atoms with E-state index in [0.29, 0.717) is 0 Å². The zero-order chi connectivity index (χ0) is 13.7. The Bertz CT molecular complexity index is 523. The molecule has 0 fully saturated rings. The van der Waals surface area contributed by atoms with Gasteiger partial charge in [-0.2, -0.15) is 10.2 Å². The highest BCUT2D eigenvalue weighted by Crippen LogP contribution is 2.25. The number of rotatable bonds is 5. The van der Waals surface area contributed by atoms with Crippen molar-refractivity contribution in [2.75, 3.05) is 6.54 Å². The Morgan fingerprint density at radius 2 is 2.00 bits per heavy atom. The average Bonchev–Trinajstić information content (AvgIpc) is 2.44. The van der Waals surface area contributed by atoms with Crippen LogP contribution >= 0.6 is 0 Å². The molecule has 0 aliphatic carbocycles. The maximum Gasteiger partial charge on any atom is 0.0595 e. The Hall–Kier alpha value is -1.74. The minimum atomic E-state index is 0.190. The number of hydrogen-bond donors (Lipinski definition) is 1. The van der Waals surface area contributed by atoms with Crippen LogP contribution in [-0.4, -0.2) is 16.7 Å². The first-order valence-electron chi connectivity index (χ1n) is 6.79. The van der Waals surface area contributed by atoms with Crippen molar-refractivity contribution in [1.82, 2.24) is 15.5 Å². The molecule has 0 aliphatic rings. The number of hydrogen-bond acceptors (Lipinski definition) is 3. The quantitative estimate of drug-likeness (QED) is 0.891. The molecule has 0 saturated heterocycles. The molecule has 2 aromatic rings. The molecule has 0 spiro atoms. The van der Waals surface area contributed by atoms with Gasteiger partial charge in [-0.25, -0.2) is 0 Å². The van der Waals surface area contributed by atoms with Crippen molar-refractivity contribution >= 4 is 0 Å². The van der Waals surface area contributed by atoms with Gasteiger partial charge >= 0.3 is 0 Å². The van der Waals surface area contributed by atoms with Gasteiger partial charge in [0.2, 0.25) is 0 Å². The van der Waals surface area contributed by atoms with Gasteiger partial charge < -0.3 is 5.32 Å². The summed E-state index contributed by atoms with van der Waals surface area (Å²) in [5, 5.41) is 11.5. The predicted octanol–water partition coefficient (Wildman–Crippen LogP) is 3.18. The van der Waals surface area contributed by atoms with Crippen LogP contribution in [0.15, 0.2) is 36.7 Å². The van der Waals surface area contributed by atoms with Crippen LogP contribution in [0.25, 0.3) is 0 Å². The highest BCUT2D eigenvalue weighted by atomic mass is 15.1. The molecule has 1 unspecified atom stereocenters. The molecule has 1 aromatic carbocycles. The molecule has 0 amide bonds. The largest absolute Gasteiger partial charge is 0.306 e. The van der Waals surface area contributed by atoms with Gasteiger partial charge in [0.15, 0.2) is 0 Å². The van der Waals surface area contributed by atoms with Crippen molar-refractivity contribution in [2.24, 2.45) is 0 Å². The predicted molar refractivity (Wildman–Crippen MR) is 78.1 cm³/mol. The Balaban J connectivity index is 2.40. The topological polar surface area (TPSA) is 37.8 Å². The van der Waals surface area contributed by atoms with Gasteiger partial charge in [0, 0.05) is 6.20 Å². The van der Waals surface area contributed by atoms with Crippen LogP contribution in [-0.2, 0) is 0 Å². The summed E-state index contributed by atoms with van der Waals surface area (Å²) in [4.78, 5) is 0. The lowest BCUT2D eigenvalue weighted by Gasteiger charge is -2.21. The molecule has 1 atom stereocenters. The van der Waals surface area contributed by atoms with Gasteiger partial charge in [-0.3, -0.25) is 0 Å². The summed E-state index contributed by atoms with van der Waals surface area (Å²) in [5.41, 5.74) is 5.07. The number of aryl methyl sites for hydroxylation is 2. The van der Waals surface area contributed by atoms with Crippen LogP contribution in [0.5, 0.6) is 0 Å². The molecule has 0 aliphatic heterocycles. The number of nitrogens with zero attached hydrogens (tertiary/aromatic N) is 2. The highest BCUT2D eigenvalue weighted by molar-refractivity contribution is 5.38. The lowest BCUT2D eigenvalue weighted by atomic mass is 9.94. The van der Waals surface area contributed by atoms with Gasteiger partial charge in [0.25, 0.3) is 0 Å². The average molecular weight is 255 g/mol. The lowest BCUT2D eigenvalue weighted by molar-refractivity contribution is 0.593. The first kappa shape index (κ1) is 13.7. The van der Waals surface area contributed by atoms with E-state index in [2.05, 4.69) is 54.5 Å². The summed E-state index contributed by atoms with van der Waals surface area (Å²) in [5.74, 6) is 0. The first-order valence-corrected chi connectivity index (χ1v) is 6.79. The first-order chi connectivity index (χ1) is 9.22. The van der Waals surface area contributed by atoms with Gasteiger partial charge in [0.1, 0.15) is 0 Å². The molecule has 1 N–H and O–H groups in total. The Morgan fingerprint density at radius 3 is 2.68 bits per heavy atom. The molecule has 0 bridgehead atoms. The summed E-state index contributed by atoms with van der Waals surface area (Å²) in [6.07, 6.45) is 4.70. The number of benzene rings is 1. The molecule has 0 radical (unpaired) electrons. The van der Waals surface area contributed by atoms with E-state index in [-0.39, 0.29) is 6.04 Å². The molecule has 19 heavy (non-hydrogen) atoms. The third-order valence-electron chi connectivity index (χ3n) is 3.28. The molecule has 1 aromatic heterocycles. The fraction of sp³-hybridized carbons (Fsp3) is 0.375. The second kappa shape index (κ2) is 6.43. The minimum Gasteiger partial charge on any atom is -0.306 e. The summed E-state index contributed by atoms with van der Waals surface area (Å²) >= 11 is 0. The fourth-order valence-corrected chi connectivity index (χ4v) is 2.24. The maximum atomic E-state index is 4.00. The van der Waals surface area contributed by atoms with Crippen molar-refractivity contribution in [3.05, 3.63) is 58.9 Å². The van der Waals surface area contributed by atoms with Gasteiger partial charge in [-0.05, 0) is 49.6 Å². The van der Waals surface area contributed by atoms with E-state index in [4.69, 9.17) is 0 Å². The highest BCUT2D eigenvalue weighted by Gasteiger charge is 2.15. The smallest absolute Gasteiger partial charge is 0.0595 e. The van der Waals surface area contributed by atoms with Crippen LogP contribution < -0.4 is 5.32 Å². The van der Waals surface area contributed by atoms with E-state index in [1.54, 1.807) is 6.20 Å². The van der Waals surface area contributed by atoms with Gasteiger partial charge in [-0.1, -0.05) is 30.7 Å². The molecule has 0 saturated carbocycles. The standard InChI is InChI=1S/C16H21N3/c1-4-8-17-16(14-7-9-18-19-11-14)15-10-12(2)5-6-13(15)3/h5-7,9-11,16-17H,4,8H2,1-3H3. The Morgan fingerprint density at radius 1 is 1.16 bits per heavy atom. The second-order valence-electron chi connectivity index (χ2n) is 4.92. The Labute approximate surface area is 115 Å². The van der Waals surface area contributed by atoms with Crippen LogP contribution in [0, 0.1) is 13.8 Å². The molecule has 3 heteroatoms. The second-order valence-corrected chi connectivity index (χ2v) is 4.92. The SMILES string of the molecule is CCCNC(c1ccnnc1)c1cc(C)ccc1C. The van der Waals surface area contributed by atoms with E-state index in [9.17, 15) is 0 Å². The number of aromatic nitrogens is 2. The van der Waals surface area contributed by atoms with Crippen LogP contribution in [0.2, 0.25) is 0 Å². The zero-order valence-electron chi connectivity index (χ0n) is 11.9. The minimum absolute atomic E-state index is 0.190. The summed E-state index contributed by atoms with van der Waals surface area (Å²) < 4.78 is 0. The van der Waals surface area contributed by atoms with Gasteiger partial charge in [0.05, 0.1) is 12.2 Å². The summed E-state index contributed by atoms with van der Waals surface area (Å²) in [7, 11) is 0. The van der Waals surface area contributed by atoms with Crippen molar-refractivity contribution in [3.63, 3.8) is 0 Å². The van der Waals surface area contributed by atoms with E-state index in [1.165, 1.54) is 16.7 Å². The van der Waals surface area contributed by atoms with Crippen LogP contribution in [0.4, 0.5) is 0 Å². The van der Waals surface area contributed by atoms with Crippen molar-refractivity contribution < 1.29 is 0 Å². The van der Waals surface area contributed by atoms with Crippen LogP contribution in [0.3, 0.4) is 0 Å². The Kier molecular flexibility index (Phi) is 4.63. The summed E-state index contributed by atoms with van der Waals surface area (Å²) in [6, 6.07) is 8.81. The summed E-state index contributed by atoms with van der Waals surface area (Å²) in [6.45, 7) is 7.45. The molecular formula is C16H21N3. The lowest BCUT2D eigenvalue weighted by Crippen LogP contribution is -2.24. The van der Waals surface area contributed by atoms with E-state index in [1.807, 2.05) is 12.3 Å². The normalized spacial score (nSPS) is 12.4. The fourth-order valence-electron chi connectivity index (χ4n) is 2.24. The maximum absolute atomic E-state index is 4.00. The van der Waals surface area contributed by atoms with Crippen molar-refractivity contribution in [3.8, 4) is 0 Å². The third kappa shape index (κ3) is 3.38. The van der Waals surface area contributed by atoms with E-state index < -0.39 is 0 Å². The molecular weight excluding hydrogens is 234 g/mol. The molecule has 100 valence electrons. The van der Waals surface area contributed by atoms with Gasteiger partial charge in [-0.15, -0.1) is 0 Å². The molecule has 2 rings (SSSR count). The van der Waals surface area contributed by atoms with Crippen LogP contribution in [0.1, 0.15) is 41.6 Å². The molecule has 3 nitrogen and oxygen atoms in total. The monoisotopic (exact) mass is 255 g/mol. The van der Waals surface area contributed by atoms with E-state index >= 15 is 0 Å². The third-order valence-corrected chi connectivity index (χ3v) is 3.28.